The molecular formula is C15H18N2O2. The number of nitrogens with zero attached hydrogens (tertiary/aromatic N) is 2. The van der Waals surface area contributed by atoms with Gasteiger partial charge >= 0.3 is 0 Å². The zero-order chi connectivity index (χ0) is 13.4. The molecule has 1 aromatic heterocycles. The van der Waals surface area contributed by atoms with E-state index in [1.807, 2.05) is 29.8 Å². The summed E-state index contributed by atoms with van der Waals surface area (Å²) in [6, 6.07) is 5.72. The molecule has 4 nitrogen and oxygen atoms in total. The summed E-state index contributed by atoms with van der Waals surface area (Å²) in [4.78, 5) is 16.7. The molecule has 2 aromatic rings. The average molecular weight is 258 g/mol. The molecule has 0 amide bonds. The first-order valence-corrected chi connectivity index (χ1v) is 6.78. The standard InChI is InChI=1S/C15H18N2O2/c1-17-9-16-13-8-11(4-7-14(13)17)15(19)10-2-5-12(18)6-3-10/h4,7-10,12,18H,2-3,5-6H2,1H3. The molecule has 0 saturated heterocycles. The van der Waals surface area contributed by atoms with Crippen molar-refractivity contribution >= 4 is 16.8 Å². The number of imidazole rings is 1. The third-order valence-corrected chi connectivity index (χ3v) is 4.08. The summed E-state index contributed by atoms with van der Waals surface area (Å²) in [7, 11) is 1.94. The van der Waals surface area contributed by atoms with Gasteiger partial charge in [-0.25, -0.2) is 4.98 Å². The summed E-state index contributed by atoms with van der Waals surface area (Å²) in [5, 5.41) is 9.50. The third kappa shape index (κ3) is 2.28. The molecule has 19 heavy (non-hydrogen) atoms. The van der Waals surface area contributed by atoms with Crippen molar-refractivity contribution in [2.75, 3.05) is 0 Å². The third-order valence-electron chi connectivity index (χ3n) is 4.08. The number of benzene rings is 1. The highest BCUT2D eigenvalue weighted by molar-refractivity contribution is 6.00. The molecule has 1 aliphatic carbocycles. The van der Waals surface area contributed by atoms with Crippen LogP contribution >= 0.6 is 0 Å². The molecule has 1 heterocycles. The lowest BCUT2D eigenvalue weighted by molar-refractivity contribution is 0.0764. The fourth-order valence-electron chi connectivity index (χ4n) is 2.86. The number of carbonyl (C=O) groups is 1. The number of hydrogen-bond donors (Lipinski definition) is 1. The second kappa shape index (κ2) is 4.78. The van der Waals surface area contributed by atoms with E-state index in [4.69, 9.17) is 0 Å². The zero-order valence-electron chi connectivity index (χ0n) is 11.0. The predicted molar refractivity (Wildman–Crippen MR) is 73.0 cm³/mol. The van der Waals surface area contributed by atoms with E-state index in [1.54, 1.807) is 6.33 Å². The average Bonchev–Trinajstić information content (AvgIpc) is 2.80. The molecule has 4 heteroatoms. The first kappa shape index (κ1) is 12.4. The summed E-state index contributed by atoms with van der Waals surface area (Å²) in [5.41, 5.74) is 2.65. The second-order valence-electron chi connectivity index (χ2n) is 5.43. The van der Waals surface area contributed by atoms with Gasteiger partial charge in [0.1, 0.15) is 0 Å². The quantitative estimate of drug-likeness (QED) is 0.841. The minimum absolute atomic E-state index is 0.0598. The van der Waals surface area contributed by atoms with Gasteiger partial charge in [0, 0.05) is 18.5 Å². The van der Waals surface area contributed by atoms with Crippen LogP contribution in [-0.2, 0) is 7.05 Å². The summed E-state index contributed by atoms with van der Waals surface area (Å²) in [6.45, 7) is 0. The van der Waals surface area contributed by atoms with Gasteiger partial charge in [-0.1, -0.05) is 0 Å². The van der Waals surface area contributed by atoms with Crippen LogP contribution in [0.4, 0.5) is 0 Å². The van der Waals surface area contributed by atoms with Gasteiger partial charge in [-0.3, -0.25) is 4.79 Å². The molecule has 1 fully saturated rings. The Labute approximate surface area is 112 Å². The summed E-state index contributed by atoms with van der Waals surface area (Å²) in [6.07, 6.45) is 4.60. The minimum Gasteiger partial charge on any atom is -0.393 e. The maximum atomic E-state index is 12.4. The first-order valence-electron chi connectivity index (χ1n) is 6.78. The predicted octanol–water partition coefficient (Wildman–Crippen LogP) is 2.31. The smallest absolute Gasteiger partial charge is 0.166 e. The van der Waals surface area contributed by atoms with Gasteiger partial charge in [0.2, 0.25) is 0 Å². The fraction of sp³-hybridized carbons (Fsp3) is 0.467. The summed E-state index contributed by atoms with van der Waals surface area (Å²) < 4.78 is 1.94. The van der Waals surface area contributed by atoms with E-state index in [2.05, 4.69) is 4.98 Å². The minimum atomic E-state index is -0.220. The molecule has 1 aromatic carbocycles. The number of rotatable bonds is 2. The number of aliphatic hydroxyl groups excluding tert-OH is 1. The number of carbonyl (C=O) groups excluding carboxylic acids is 1. The highest BCUT2D eigenvalue weighted by Crippen LogP contribution is 2.28. The van der Waals surface area contributed by atoms with Crippen molar-refractivity contribution in [3.63, 3.8) is 0 Å². The van der Waals surface area contributed by atoms with Crippen LogP contribution in [0.5, 0.6) is 0 Å². The van der Waals surface area contributed by atoms with Crippen LogP contribution < -0.4 is 0 Å². The molecular weight excluding hydrogens is 240 g/mol. The number of aliphatic hydroxyl groups is 1. The highest BCUT2D eigenvalue weighted by Gasteiger charge is 2.26. The molecule has 1 aliphatic rings. The number of aromatic nitrogens is 2. The molecule has 0 spiro atoms. The monoisotopic (exact) mass is 258 g/mol. The second-order valence-corrected chi connectivity index (χ2v) is 5.43. The molecule has 0 unspecified atom stereocenters. The van der Waals surface area contributed by atoms with Crippen molar-refractivity contribution in [2.24, 2.45) is 13.0 Å². The van der Waals surface area contributed by atoms with E-state index in [1.165, 1.54) is 0 Å². The van der Waals surface area contributed by atoms with Crippen LogP contribution in [0, 0.1) is 5.92 Å². The summed E-state index contributed by atoms with van der Waals surface area (Å²) in [5.74, 6) is 0.254. The van der Waals surface area contributed by atoms with Gasteiger partial charge in [-0.05, 0) is 43.9 Å². The van der Waals surface area contributed by atoms with Crippen molar-refractivity contribution in [1.82, 2.24) is 9.55 Å². The van der Waals surface area contributed by atoms with Crippen LogP contribution in [-0.4, -0.2) is 26.5 Å². The highest BCUT2D eigenvalue weighted by atomic mass is 16.3. The lowest BCUT2D eigenvalue weighted by Gasteiger charge is -2.24. The van der Waals surface area contributed by atoms with Gasteiger partial charge < -0.3 is 9.67 Å². The Kier molecular flexibility index (Phi) is 3.11. The molecule has 1 saturated carbocycles. The Morgan fingerprint density at radius 2 is 2.05 bits per heavy atom. The van der Waals surface area contributed by atoms with Gasteiger partial charge in [0.25, 0.3) is 0 Å². The topological polar surface area (TPSA) is 55.1 Å². The normalized spacial score (nSPS) is 23.7. The van der Waals surface area contributed by atoms with Crippen molar-refractivity contribution in [2.45, 2.75) is 31.8 Å². The molecule has 100 valence electrons. The maximum absolute atomic E-state index is 12.4. The number of hydrogen-bond acceptors (Lipinski definition) is 3. The van der Waals surface area contributed by atoms with E-state index in [9.17, 15) is 9.90 Å². The van der Waals surface area contributed by atoms with Crippen molar-refractivity contribution in [1.29, 1.82) is 0 Å². The Bertz CT molecular complexity index is 610. The van der Waals surface area contributed by atoms with Gasteiger partial charge in [0.05, 0.1) is 23.5 Å². The molecule has 0 bridgehead atoms. The van der Waals surface area contributed by atoms with E-state index >= 15 is 0 Å². The molecule has 0 atom stereocenters. The zero-order valence-corrected chi connectivity index (χ0v) is 11.0. The largest absolute Gasteiger partial charge is 0.393 e. The van der Waals surface area contributed by atoms with Gasteiger partial charge in [-0.2, -0.15) is 0 Å². The molecule has 3 rings (SSSR count). The van der Waals surface area contributed by atoms with E-state index in [0.717, 1.165) is 42.3 Å². The Morgan fingerprint density at radius 3 is 2.79 bits per heavy atom. The van der Waals surface area contributed by atoms with Crippen molar-refractivity contribution in [3.05, 3.63) is 30.1 Å². The van der Waals surface area contributed by atoms with Crippen LogP contribution in [0.15, 0.2) is 24.5 Å². The number of fused-ring (bicyclic) bond motifs is 1. The van der Waals surface area contributed by atoms with E-state index in [0.29, 0.717) is 0 Å². The number of Topliss-reactive ketones (excluding diaryl/α,β-unsaturated/α-hetero) is 1. The molecule has 1 N–H and O–H groups in total. The first-order chi connectivity index (χ1) is 9.15. The fourth-order valence-corrected chi connectivity index (χ4v) is 2.86. The SMILES string of the molecule is Cn1cnc2cc(C(=O)C3CCC(O)CC3)ccc21. The summed E-state index contributed by atoms with van der Waals surface area (Å²) >= 11 is 0. The lowest BCUT2D eigenvalue weighted by atomic mass is 9.82. The lowest BCUT2D eigenvalue weighted by Crippen LogP contribution is -2.24. The number of ketones is 1. The van der Waals surface area contributed by atoms with Crippen LogP contribution in [0.2, 0.25) is 0 Å². The van der Waals surface area contributed by atoms with Crippen LogP contribution in [0.3, 0.4) is 0 Å². The Morgan fingerprint density at radius 1 is 1.32 bits per heavy atom. The van der Waals surface area contributed by atoms with Crippen molar-refractivity contribution in [3.8, 4) is 0 Å². The number of aryl methyl sites for hydroxylation is 1. The van der Waals surface area contributed by atoms with Crippen molar-refractivity contribution < 1.29 is 9.90 Å². The molecule has 0 aliphatic heterocycles. The molecule has 0 radical (unpaired) electrons. The Balaban J connectivity index is 1.85. The van der Waals surface area contributed by atoms with Gasteiger partial charge in [-0.15, -0.1) is 0 Å². The maximum Gasteiger partial charge on any atom is 0.166 e. The van der Waals surface area contributed by atoms with Crippen LogP contribution in [0.1, 0.15) is 36.0 Å². The van der Waals surface area contributed by atoms with E-state index in [-0.39, 0.29) is 17.8 Å². The van der Waals surface area contributed by atoms with Gasteiger partial charge in [0.15, 0.2) is 5.78 Å². The van der Waals surface area contributed by atoms with E-state index < -0.39 is 0 Å². The van der Waals surface area contributed by atoms with Crippen LogP contribution in [0.25, 0.3) is 11.0 Å². The Hall–Kier alpha value is -1.68.